The molecule has 0 spiro atoms. The molecule has 134 valence electrons. The molecule has 0 radical (unpaired) electrons. The highest BCUT2D eigenvalue weighted by Crippen LogP contribution is 2.26. The predicted molar refractivity (Wildman–Crippen MR) is 97.0 cm³/mol. The Morgan fingerprint density at radius 3 is 2.69 bits per heavy atom. The van der Waals surface area contributed by atoms with Crippen LogP contribution in [-0.4, -0.2) is 41.7 Å². The average molecular weight is 352 g/mol. The van der Waals surface area contributed by atoms with Crippen molar-refractivity contribution in [3.05, 3.63) is 53.9 Å². The molecule has 26 heavy (non-hydrogen) atoms. The molecule has 2 aromatic carbocycles. The highest BCUT2D eigenvalue weighted by Gasteiger charge is 2.11. The van der Waals surface area contributed by atoms with Gasteiger partial charge in [-0.1, -0.05) is 23.9 Å². The molecule has 0 aliphatic rings. The van der Waals surface area contributed by atoms with Gasteiger partial charge in [-0.05, 0) is 24.3 Å². The minimum Gasteiger partial charge on any atom is -0.872 e. The molecule has 0 fully saturated rings. The van der Waals surface area contributed by atoms with Crippen LogP contribution in [0.15, 0.2) is 42.5 Å². The first-order valence-electron chi connectivity index (χ1n) is 8.30. The largest absolute Gasteiger partial charge is 0.872 e. The third-order valence-corrected chi connectivity index (χ3v) is 3.97. The fourth-order valence-corrected chi connectivity index (χ4v) is 2.61. The number of nitrogens with zero attached hydrogens (tertiary/aromatic N) is 2. The minimum atomic E-state index is -1.25. The normalized spacial score (nSPS) is 11.0. The van der Waals surface area contributed by atoms with Crippen molar-refractivity contribution in [2.75, 3.05) is 26.0 Å². The van der Waals surface area contributed by atoms with Gasteiger partial charge in [0.1, 0.15) is 11.6 Å². The van der Waals surface area contributed by atoms with Gasteiger partial charge in [0.2, 0.25) is 0 Å². The number of likely N-dealkylation sites (N-methyl/N-ethyl adjacent to an activating group) is 1. The Balaban J connectivity index is 2.00. The highest BCUT2D eigenvalue weighted by molar-refractivity contribution is 5.94. The molecule has 0 bridgehead atoms. The Bertz CT molecular complexity index is 957. The van der Waals surface area contributed by atoms with Crippen LogP contribution < -0.4 is 15.3 Å². The second-order valence-electron chi connectivity index (χ2n) is 6.35. The van der Waals surface area contributed by atoms with Crippen LogP contribution in [0.25, 0.3) is 10.9 Å². The summed E-state index contributed by atoms with van der Waals surface area (Å²) < 4.78 is 0. The van der Waals surface area contributed by atoms with E-state index in [4.69, 9.17) is 5.11 Å². The average Bonchev–Trinajstić information content (AvgIpc) is 2.61. The molecular weight excluding hydrogens is 332 g/mol. The SMILES string of the molecule is C[NH+](C)CCc1nc(Nc2ccc([O-])c(C(=O)O)c2)c2ccccc2n1. The smallest absolute Gasteiger partial charge is 0.335 e. The zero-order chi connectivity index (χ0) is 18.7. The number of carboxylic acid groups (broad SMARTS) is 1. The number of nitrogens with one attached hydrogen (secondary N) is 2. The summed E-state index contributed by atoms with van der Waals surface area (Å²) in [7, 11) is 4.14. The summed E-state index contributed by atoms with van der Waals surface area (Å²) in [5.41, 5.74) is 1.03. The second kappa shape index (κ2) is 7.37. The van der Waals surface area contributed by atoms with Crippen molar-refractivity contribution in [2.24, 2.45) is 0 Å². The van der Waals surface area contributed by atoms with Crippen LogP contribution >= 0.6 is 0 Å². The Morgan fingerprint density at radius 1 is 1.19 bits per heavy atom. The maximum atomic E-state index is 11.6. The quantitative estimate of drug-likeness (QED) is 0.607. The summed E-state index contributed by atoms with van der Waals surface area (Å²) in [6.07, 6.45) is 0.724. The number of aromatic carboxylic acids is 1. The lowest BCUT2D eigenvalue weighted by atomic mass is 10.1. The number of fused-ring (bicyclic) bond motifs is 1. The van der Waals surface area contributed by atoms with Gasteiger partial charge in [-0.25, -0.2) is 14.8 Å². The van der Waals surface area contributed by atoms with Crippen molar-refractivity contribution >= 4 is 28.4 Å². The molecule has 7 nitrogen and oxygen atoms in total. The first kappa shape index (κ1) is 17.6. The summed E-state index contributed by atoms with van der Waals surface area (Å²) in [5, 5.41) is 24.7. The van der Waals surface area contributed by atoms with E-state index in [1.165, 1.54) is 17.0 Å². The van der Waals surface area contributed by atoms with E-state index in [0.717, 1.165) is 23.9 Å². The van der Waals surface area contributed by atoms with E-state index < -0.39 is 11.7 Å². The number of anilines is 2. The molecule has 1 heterocycles. The van der Waals surface area contributed by atoms with E-state index in [0.29, 0.717) is 17.3 Å². The minimum absolute atomic E-state index is 0.273. The topological polar surface area (TPSA) is 103 Å². The zero-order valence-corrected chi connectivity index (χ0v) is 14.6. The molecule has 0 unspecified atom stereocenters. The predicted octanol–water partition coefficient (Wildman–Crippen LogP) is 0.832. The third-order valence-electron chi connectivity index (χ3n) is 3.97. The number of aromatic nitrogens is 2. The monoisotopic (exact) mass is 352 g/mol. The number of carboxylic acids is 1. The zero-order valence-electron chi connectivity index (χ0n) is 14.6. The van der Waals surface area contributed by atoms with E-state index in [1.54, 1.807) is 6.07 Å². The van der Waals surface area contributed by atoms with Gasteiger partial charge in [-0.3, -0.25) is 0 Å². The Morgan fingerprint density at radius 2 is 1.96 bits per heavy atom. The standard InChI is InChI=1S/C19H20N4O3/c1-23(2)10-9-17-21-15-6-4-3-5-13(15)18(22-17)20-12-7-8-16(24)14(11-12)19(25)26/h3-8,11,24H,9-10H2,1-2H3,(H,25,26)(H,20,21,22). The van der Waals surface area contributed by atoms with E-state index in [2.05, 4.69) is 29.4 Å². The van der Waals surface area contributed by atoms with Gasteiger partial charge in [-0.2, -0.15) is 0 Å². The maximum absolute atomic E-state index is 11.6. The summed E-state index contributed by atoms with van der Waals surface area (Å²) in [4.78, 5) is 21.7. The summed E-state index contributed by atoms with van der Waals surface area (Å²) in [6, 6.07) is 11.7. The Hall–Kier alpha value is -3.19. The Kier molecular flexibility index (Phi) is 4.99. The first-order chi connectivity index (χ1) is 12.4. The van der Waals surface area contributed by atoms with Crippen LogP contribution in [0, 0.1) is 0 Å². The van der Waals surface area contributed by atoms with Crippen LogP contribution in [0.1, 0.15) is 16.2 Å². The van der Waals surface area contributed by atoms with Crippen molar-refractivity contribution < 1.29 is 19.9 Å². The van der Waals surface area contributed by atoms with Gasteiger partial charge in [0, 0.05) is 11.1 Å². The number of benzene rings is 2. The Labute approximate surface area is 150 Å². The van der Waals surface area contributed by atoms with Crippen molar-refractivity contribution in [2.45, 2.75) is 6.42 Å². The van der Waals surface area contributed by atoms with Crippen LogP contribution in [-0.2, 0) is 6.42 Å². The van der Waals surface area contributed by atoms with E-state index in [-0.39, 0.29) is 5.56 Å². The second-order valence-corrected chi connectivity index (χ2v) is 6.35. The lowest BCUT2D eigenvalue weighted by molar-refractivity contribution is -0.858. The molecule has 0 saturated heterocycles. The van der Waals surface area contributed by atoms with Crippen molar-refractivity contribution in [3.8, 4) is 5.75 Å². The van der Waals surface area contributed by atoms with Gasteiger partial charge < -0.3 is 20.4 Å². The van der Waals surface area contributed by atoms with Crippen LogP contribution in [0.3, 0.4) is 0 Å². The van der Waals surface area contributed by atoms with Gasteiger partial charge >= 0.3 is 5.97 Å². The number of hydrogen-bond donors (Lipinski definition) is 3. The molecule has 0 amide bonds. The summed E-state index contributed by atoms with van der Waals surface area (Å²) >= 11 is 0. The molecule has 3 rings (SSSR count). The number of carbonyl (C=O) groups is 1. The fraction of sp³-hybridized carbons (Fsp3) is 0.211. The lowest BCUT2D eigenvalue weighted by Gasteiger charge is -2.15. The van der Waals surface area contributed by atoms with Crippen LogP contribution in [0.2, 0.25) is 0 Å². The molecule has 3 aromatic rings. The van der Waals surface area contributed by atoms with Gasteiger partial charge in [0.25, 0.3) is 0 Å². The number of quaternary nitrogens is 1. The molecule has 0 aliphatic heterocycles. The van der Waals surface area contributed by atoms with Crippen LogP contribution in [0.4, 0.5) is 11.5 Å². The lowest BCUT2D eigenvalue weighted by Crippen LogP contribution is -3.06. The molecule has 0 saturated carbocycles. The van der Waals surface area contributed by atoms with E-state index in [9.17, 15) is 9.90 Å². The third kappa shape index (κ3) is 3.89. The summed E-state index contributed by atoms with van der Waals surface area (Å²) in [5.74, 6) is -0.466. The van der Waals surface area contributed by atoms with Gasteiger partial charge in [-0.15, -0.1) is 0 Å². The van der Waals surface area contributed by atoms with Crippen LogP contribution in [0.5, 0.6) is 5.75 Å². The first-order valence-corrected chi connectivity index (χ1v) is 8.30. The number of hydrogen-bond acceptors (Lipinski definition) is 5. The van der Waals surface area contributed by atoms with Crippen molar-refractivity contribution in [1.29, 1.82) is 0 Å². The van der Waals surface area contributed by atoms with Crippen molar-refractivity contribution in [1.82, 2.24) is 9.97 Å². The number of para-hydroxylation sites is 1. The maximum Gasteiger partial charge on any atom is 0.335 e. The van der Waals surface area contributed by atoms with Gasteiger partial charge in [0.05, 0.1) is 38.1 Å². The molecule has 7 heteroatoms. The summed E-state index contributed by atoms with van der Waals surface area (Å²) in [6.45, 7) is 0.895. The highest BCUT2D eigenvalue weighted by atomic mass is 16.4. The molecule has 0 aliphatic carbocycles. The molecule has 0 atom stereocenters. The van der Waals surface area contributed by atoms with E-state index >= 15 is 0 Å². The van der Waals surface area contributed by atoms with E-state index in [1.807, 2.05) is 24.3 Å². The molecular formula is C19H20N4O3. The van der Waals surface area contributed by atoms with Gasteiger partial charge in [0.15, 0.2) is 0 Å². The fourth-order valence-electron chi connectivity index (χ4n) is 2.61. The molecule has 3 N–H and O–H groups in total. The molecule has 1 aromatic heterocycles. The number of rotatable bonds is 6. The van der Waals surface area contributed by atoms with Crippen molar-refractivity contribution in [3.63, 3.8) is 0 Å².